The highest BCUT2D eigenvalue weighted by atomic mass is 32.2. The minimum atomic E-state index is -3.16. The SMILES string of the molecule is C=CC(CCCCC)S(=O)(=O)C(C=C)CCCCC. The van der Waals surface area contributed by atoms with E-state index < -0.39 is 20.3 Å². The Hall–Kier alpha value is -0.570. The average Bonchev–Trinajstić information content (AvgIpc) is 2.39. The van der Waals surface area contributed by atoms with Crippen molar-refractivity contribution in [1.82, 2.24) is 0 Å². The normalized spacial score (nSPS) is 14.8. The minimum absolute atomic E-state index is 0.413. The van der Waals surface area contributed by atoms with Gasteiger partial charge in [0.15, 0.2) is 9.84 Å². The topological polar surface area (TPSA) is 34.1 Å². The molecule has 0 rings (SSSR count). The van der Waals surface area contributed by atoms with Crippen LogP contribution < -0.4 is 0 Å². The van der Waals surface area contributed by atoms with Crippen molar-refractivity contribution < 1.29 is 8.42 Å². The summed E-state index contributed by atoms with van der Waals surface area (Å²) in [5.41, 5.74) is 0. The van der Waals surface area contributed by atoms with Crippen LogP contribution in [0.4, 0.5) is 0 Å². The standard InChI is InChI=1S/C16H30O2S/c1-5-9-11-13-15(7-3)19(17,18)16(8-4)14-12-10-6-2/h7-8,15-16H,3-6,9-14H2,1-2H3. The first kappa shape index (κ1) is 18.4. The van der Waals surface area contributed by atoms with Crippen LogP contribution in [0.3, 0.4) is 0 Å². The van der Waals surface area contributed by atoms with Gasteiger partial charge in [0.1, 0.15) is 0 Å². The Bertz CT molecular complexity index is 316. The summed E-state index contributed by atoms with van der Waals surface area (Å²) in [4.78, 5) is 0. The largest absolute Gasteiger partial charge is 0.228 e. The van der Waals surface area contributed by atoms with Crippen molar-refractivity contribution in [3.63, 3.8) is 0 Å². The van der Waals surface area contributed by atoms with Gasteiger partial charge in [-0.15, -0.1) is 13.2 Å². The van der Waals surface area contributed by atoms with Gasteiger partial charge in [-0.1, -0.05) is 64.5 Å². The summed E-state index contributed by atoms with van der Waals surface area (Å²) >= 11 is 0. The fourth-order valence-electron chi connectivity index (χ4n) is 2.25. The van der Waals surface area contributed by atoms with Crippen LogP contribution in [0.2, 0.25) is 0 Å². The van der Waals surface area contributed by atoms with Gasteiger partial charge in [0.2, 0.25) is 0 Å². The lowest BCUT2D eigenvalue weighted by Gasteiger charge is -2.20. The molecule has 0 saturated heterocycles. The molecule has 2 atom stereocenters. The summed E-state index contributed by atoms with van der Waals surface area (Å²) in [5.74, 6) is 0. The average molecular weight is 286 g/mol. The van der Waals surface area contributed by atoms with Crippen LogP contribution >= 0.6 is 0 Å². The van der Waals surface area contributed by atoms with Crippen molar-refractivity contribution in [2.75, 3.05) is 0 Å². The van der Waals surface area contributed by atoms with E-state index in [0.29, 0.717) is 12.8 Å². The van der Waals surface area contributed by atoms with E-state index in [0.717, 1.165) is 38.5 Å². The van der Waals surface area contributed by atoms with E-state index in [4.69, 9.17) is 0 Å². The Balaban J connectivity index is 4.65. The molecule has 0 aromatic carbocycles. The van der Waals surface area contributed by atoms with Crippen LogP contribution in [0.15, 0.2) is 25.3 Å². The first-order valence-corrected chi connectivity index (χ1v) is 9.13. The Labute approximate surface area is 119 Å². The van der Waals surface area contributed by atoms with Crippen LogP contribution in [0.1, 0.15) is 65.2 Å². The smallest absolute Gasteiger partial charge is 0.163 e. The highest BCUT2D eigenvalue weighted by Crippen LogP contribution is 2.22. The van der Waals surface area contributed by atoms with E-state index in [9.17, 15) is 8.42 Å². The number of sulfone groups is 1. The molecular weight excluding hydrogens is 256 g/mol. The third-order valence-electron chi connectivity index (χ3n) is 3.55. The molecule has 0 heterocycles. The molecule has 19 heavy (non-hydrogen) atoms. The molecule has 2 unspecified atom stereocenters. The molecule has 0 bridgehead atoms. The molecule has 0 aromatic rings. The monoisotopic (exact) mass is 286 g/mol. The lowest BCUT2D eigenvalue weighted by molar-refractivity contribution is 0.558. The van der Waals surface area contributed by atoms with Crippen molar-refractivity contribution >= 4 is 9.84 Å². The molecular formula is C16H30O2S. The zero-order chi connectivity index (χ0) is 14.7. The molecule has 0 N–H and O–H groups in total. The first-order valence-electron chi connectivity index (χ1n) is 7.52. The van der Waals surface area contributed by atoms with Crippen LogP contribution in [-0.4, -0.2) is 18.9 Å². The van der Waals surface area contributed by atoms with Gasteiger partial charge in [0.05, 0.1) is 10.5 Å². The summed E-state index contributed by atoms with van der Waals surface area (Å²) in [6.07, 6.45) is 10.8. The fourth-order valence-corrected chi connectivity index (χ4v) is 4.22. The van der Waals surface area contributed by atoms with Gasteiger partial charge in [-0.3, -0.25) is 0 Å². The van der Waals surface area contributed by atoms with E-state index in [1.54, 1.807) is 12.2 Å². The van der Waals surface area contributed by atoms with Gasteiger partial charge in [0, 0.05) is 0 Å². The predicted octanol–water partition coefficient (Wildman–Crippen LogP) is 4.67. The molecule has 3 heteroatoms. The Morgan fingerprint density at radius 1 is 0.842 bits per heavy atom. The number of hydrogen-bond acceptors (Lipinski definition) is 2. The lowest BCUT2D eigenvalue weighted by atomic mass is 10.1. The second kappa shape index (κ2) is 10.2. The van der Waals surface area contributed by atoms with Gasteiger partial charge in [0.25, 0.3) is 0 Å². The highest BCUT2D eigenvalue weighted by Gasteiger charge is 2.29. The molecule has 0 aromatic heterocycles. The summed E-state index contributed by atoms with van der Waals surface area (Å²) in [6.45, 7) is 11.7. The van der Waals surface area contributed by atoms with E-state index in [-0.39, 0.29) is 0 Å². The zero-order valence-corrected chi connectivity index (χ0v) is 13.4. The number of rotatable bonds is 12. The lowest BCUT2D eigenvalue weighted by Crippen LogP contribution is -2.29. The van der Waals surface area contributed by atoms with Gasteiger partial charge >= 0.3 is 0 Å². The van der Waals surface area contributed by atoms with Crippen molar-refractivity contribution in [3.8, 4) is 0 Å². The van der Waals surface area contributed by atoms with Crippen molar-refractivity contribution in [1.29, 1.82) is 0 Å². The summed E-state index contributed by atoms with van der Waals surface area (Å²) in [7, 11) is -3.16. The molecule has 0 radical (unpaired) electrons. The molecule has 112 valence electrons. The van der Waals surface area contributed by atoms with Crippen molar-refractivity contribution in [3.05, 3.63) is 25.3 Å². The van der Waals surface area contributed by atoms with Crippen molar-refractivity contribution in [2.24, 2.45) is 0 Å². The van der Waals surface area contributed by atoms with Gasteiger partial charge in [-0.2, -0.15) is 0 Å². The number of unbranched alkanes of at least 4 members (excludes halogenated alkanes) is 4. The van der Waals surface area contributed by atoms with Crippen LogP contribution in [0, 0.1) is 0 Å². The Kier molecular flexibility index (Phi) is 9.94. The number of hydrogen-bond donors (Lipinski definition) is 0. The third-order valence-corrected chi connectivity index (χ3v) is 6.10. The molecule has 0 aliphatic rings. The third kappa shape index (κ3) is 6.42. The summed E-state index contributed by atoms with van der Waals surface area (Å²) in [6, 6.07) is 0. The second-order valence-electron chi connectivity index (χ2n) is 5.13. The van der Waals surface area contributed by atoms with Crippen molar-refractivity contribution in [2.45, 2.75) is 75.7 Å². The molecule has 0 fully saturated rings. The Morgan fingerprint density at radius 2 is 1.21 bits per heavy atom. The van der Waals surface area contributed by atoms with E-state index in [2.05, 4.69) is 27.0 Å². The molecule has 0 aliphatic carbocycles. The quantitative estimate of drug-likeness (QED) is 0.386. The fraction of sp³-hybridized carbons (Fsp3) is 0.750. The summed E-state index contributed by atoms with van der Waals surface area (Å²) in [5, 5.41) is -0.827. The van der Waals surface area contributed by atoms with Gasteiger partial charge in [-0.25, -0.2) is 8.42 Å². The molecule has 0 amide bonds. The van der Waals surface area contributed by atoms with Crippen LogP contribution in [0.25, 0.3) is 0 Å². The second-order valence-corrected chi connectivity index (χ2v) is 7.52. The van der Waals surface area contributed by atoms with E-state index in [1.807, 2.05) is 0 Å². The highest BCUT2D eigenvalue weighted by molar-refractivity contribution is 7.93. The maximum Gasteiger partial charge on any atom is 0.163 e. The molecule has 0 aliphatic heterocycles. The first-order chi connectivity index (χ1) is 9.04. The summed E-state index contributed by atoms with van der Waals surface area (Å²) < 4.78 is 25.1. The van der Waals surface area contributed by atoms with Crippen LogP contribution in [-0.2, 0) is 9.84 Å². The van der Waals surface area contributed by atoms with Gasteiger partial charge < -0.3 is 0 Å². The maximum atomic E-state index is 12.5. The van der Waals surface area contributed by atoms with Crippen LogP contribution in [0.5, 0.6) is 0 Å². The zero-order valence-electron chi connectivity index (χ0n) is 12.6. The molecule has 0 saturated carbocycles. The van der Waals surface area contributed by atoms with E-state index in [1.165, 1.54) is 0 Å². The van der Waals surface area contributed by atoms with Gasteiger partial charge in [-0.05, 0) is 12.8 Å². The maximum absolute atomic E-state index is 12.5. The van der Waals surface area contributed by atoms with E-state index >= 15 is 0 Å². The molecule has 2 nitrogen and oxygen atoms in total. The Morgan fingerprint density at radius 3 is 1.47 bits per heavy atom. The molecule has 0 spiro atoms. The predicted molar refractivity (Wildman–Crippen MR) is 85.2 cm³/mol. The minimum Gasteiger partial charge on any atom is -0.228 e.